The number of alkyl halides is 3. The number of hydrogen-bond acceptors (Lipinski definition) is 7. The van der Waals surface area contributed by atoms with Crippen LogP contribution in [0.3, 0.4) is 0 Å². The van der Waals surface area contributed by atoms with Crippen LogP contribution in [-0.4, -0.2) is 51.1 Å². The summed E-state index contributed by atoms with van der Waals surface area (Å²) in [6, 6.07) is 10.4. The van der Waals surface area contributed by atoms with E-state index in [1.807, 2.05) is 13.8 Å². The first-order chi connectivity index (χ1) is 21.3. The molecule has 1 aromatic heterocycles. The monoisotopic (exact) mass is 646 g/mol. The predicted octanol–water partition coefficient (Wildman–Crippen LogP) is 6.91. The maximum absolute atomic E-state index is 15.0. The molecule has 1 fully saturated rings. The minimum Gasteiger partial charge on any atom is -0.494 e. The summed E-state index contributed by atoms with van der Waals surface area (Å²) < 4.78 is 76.9. The number of halogens is 5. The molecule has 1 aliphatic rings. The lowest BCUT2D eigenvalue weighted by Crippen LogP contribution is -2.31. The van der Waals surface area contributed by atoms with E-state index in [-0.39, 0.29) is 45.6 Å². The van der Waals surface area contributed by atoms with Crippen LogP contribution >= 0.6 is 11.8 Å². The highest BCUT2D eigenvalue weighted by molar-refractivity contribution is 8.15. The number of amides is 3. The molecule has 1 aliphatic heterocycles. The van der Waals surface area contributed by atoms with Crippen LogP contribution in [0.5, 0.6) is 11.5 Å². The Hall–Kier alpha value is -4.99. The lowest BCUT2D eigenvalue weighted by atomic mass is 10.00. The fourth-order valence-corrected chi connectivity index (χ4v) is 5.22. The average Bonchev–Trinajstić information content (AvgIpc) is 3.61. The summed E-state index contributed by atoms with van der Waals surface area (Å²) in [6.07, 6.45) is -3.53. The van der Waals surface area contributed by atoms with Crippen molar-refractivity contribution in [2.24, 2.45) is 4.99 Å². The third-order valence-electron chi connectivity index (χ3n) is 6.42. The van der Waals surface area contributed by atoms with E-state index in [0.29, 0.717) is 16.9 Å². The summed E-state index contributed by atoms with van der Waals surface area (Å²) in [6.45, 7) is 3.64. The van der Waals surface area contributed by atoms with Crippen LogP contribution < -0.4 is 19.7 Å². The fourth-order valence-electron chi connectivity index (χ4n) is 4.36. The van der Waals surface area contributed by atoms with E-state index < -0.39 is 29.8 Å². The van der Waals surface area contributed by atoms with Crippen LogP contribution in [0.15, 0.2) is 65.9 Å². The third-order valence-corrected chi connectivity index (χ3v) is 7.35. The van der Waals surface area contributed by atoms with E-state index >= 15 is 4.39 Å². The van der Waals surface area contributed by atoms with Gasteiger partial charge in [-0.25, -0.2) is 23.2 Å². The zero-order chi connectivity index (χ0) is 32.5. The van der Waals surface area contributed by atoms with Gasteiger partial charge in [0.2, 0.25) is 5.91 Å². The van der Waals surface area contributed by atoms with Crippen LogP contribution in [0.25, 0.3) is 17.1 Å². The summed E-state index contributed by atoms with van der Waals surface area (Å²) in [4.78, 5) is 34.9. The number of anilines is 2. The number of nitrogens with zero attached hydrogens (tertiary/aromatic N) is 5. The van der Waals surface area contributed by atoms with E-state index in [0.717, 1.165) is 30.0 Å². The van der Waals surface area contributed by atoms with Crippen LogP contribution in [0.1, 0.15) is 25.3 Å². The van der Waals surface area contributed by atoms with Crippen molar-refractivity contribution in [3.05, 3.63) is 78.1 Å². The van der Waals surface area contributed by atoms with Gasteiger partial charge in [0.25, 0.3) is 0 Å². The van der Waals surface area contributed by atoms with Gasteiger partial charge in [-0.3, -0.25) is 9.69 Å². The summed E-state index contributed by atoms with van der Waals surface area (Å²) in [5, 5.41) is 6.61. The van der Waals surface area contributed by atoms with Gasteiger partial charge in [-0.05, 0) is 60.0 Å². The molecular formula is C29H23F5N6O4S. The SMILES string of the molecule is COc1cc(N2C(=O)CSC2=NC(=O)Nc2ccc(-c3ncn(-c4ccc(OC(F)(F)F)cc4)n3)cc2F)c(C(C)C)cc1F. The Morgan fingerprint density at radius 1 is 1.07 bits per heavy atom. The lowest BCUT2D eigenvalue weighted by molar-refractivity contribution is -0.274. The van der Waals surface area contributed by atoms with Gasteiger partial charge >= 0.3 is 12.4 Å². The molecule has 1 N–H and O–H groups in total. The molecule has 3 aromatic carbocycles. The molecule has 0 unspecified atom stereocenters. The number of carbonyl (C=O) groups excluding carboxylic acids is 2. The number of aliphatic imine (C=N–C) groups is 1. The Labute approximate surface area is 256 Å². The molecule has 45 heavy (non-hydrogen) atoms. The van der Waals surface area contributed by atoms with Gasteiger partial charge in [-0.1, -0.05) is 25.6 Å². The van der Waals surface area contributed by atoms with E-state index in [9.17, 15) is 27.2 Å². The van der Waals surface area contributed by atoms with Gasteiger partial charge in [0.1, 0.15) is 17.9 Å². The van der Waals surface area contributed by atoms with Gasteiger partial charge in [-0.15, -0.1) is 18.3 Å². The van der Waals surface area contributed by atoms with Crippen molar-refractivity contribution in [1.29, 1.82) is 0 Å². The molecule has 1 saturated heterocycles. The van der Waals surface area contributed by atoms with E-state index in [1.165, 1.54) is 59.4 Å². The van der Waals surface area contributed by atoms with Crippen LogP contribution in [0.2, 0.25) is 0 Å². The number of amidine groups is 1. The molecule has 10 nitrogen and oxygen atoms in total. The first-order valence-electron chi connectivity index (χ1n) is 13.1. The highest BCUT2D eigenvalue weighted by Crippen LogP contribution is 2.37. The Balaban J connectivity index is 1.32. The maximum atomic E-state index is 15.0. The number of nitrogens with one attached hydrogen (secondary N) is 1. The lowest BCUT2D eigenvalue weighted by Gasteiger charge is -2.22. The zero-order valence-corrected chi connectivity index (χ0v) is 24.5. The topological polar surface area (TPSA) is 111 Å². The highest BCUT2D eigenvalue weighted by atomic mass is 32.2. The Morgan fingerprint density at radius 2 is 1.80 bits per heavy atom. The molecule has 0 saturated carbocycles. The number of urea groups is 1. The minimum absolute atomic E-state index is 0.0163. The molecule has 5 rings (SSSR count). The third kappa shape index (κ3) is 7.06. The van der Waals surface area contributed by atoms with Crippen LogP contribution in [-0.2, 0) is 4.79 Å². The van der Waals surface area contributed by atoms with Crippen molar-refractivity contribution >= 4 is 40.2 Å². The quantitative estimate of drug-likeness (QED) is 0.217. The molecule has 0 bridgehead atoms. The van der Waals surface area contributed by atoms with Gasteiger partial charge in [0.05, 0.1) is 29.9 Å². The number of benzene rings is 3. The van der Waals surface area contributed by atoms with Gasteiger partial charge in [0.15, 0.2) is 22.6 Å². The number of carbonyl (C=O) groups is 2. The summed E-state index contributed by atoms with van der Waals surface area (Å²) in [5.74, 6) is -2.39. The standard InChI is InChI=1S/C29H23F5N6O4S/c1-15(2)19-11-21(31)24(43-3)12-23(19)40-25(41)13-45-28(40)37-27(42)36-22-9-4-16(10-20(22)30)26-35-14-39(38-26)17-5-7-18(8-6-17)44-29(32,33)34/h4-12,14-15H,13H2,1-3H3,(H,36,42). The van der Waals surface area contributed by atoms with Crippen LogP contribution in [0.4, 0.5) is 38.1 Å². The van der Waals surface area contributed by atoms with E-state index in [1.54, 1.807) is 0 Å². The number of ether oxygens (including phenoxy) is 2. The largest absolute Gasteiger partial charge is 0.573 e. The Kier molecular flexibility index (Phi) is 8.77. The summed E-state index contributed by atoms with van der Waals surface area (Å²) in [5.41, 5.74) is 1.24. The second-order valence-electron chi connectivity index (χ2n) is 9.79. The smallest absolute Gasteiger partial charge is 0.494 e. The zero-order valence-electron chi connectivity index (χ0n) is 23.7. The van der Waals surface area contributed by atoms with Gasteiger partial charge < -0.3 is 14.8 Å². The van der Waals surface area contributed by atoms with Gasteiger partial charge in [-0.2, -0.15) is 4.99 Å². The highest BCUT2D eigenvalue weighted by Gasteiger charge is 2.34. The first kappa shape index (κ1) is 31.4. The maximum Gasteiger partial charge on any atom is 0.573 e. The fraction of sp³-hybridized carbons (Fsp3) is 0.207. The molecule has 3 amide bonds. The second-order valence-corrected chi connectivity index (χ2v) is 10.7. The first-order valence-corrected chi connectivity index (χ1v) is 14.1. The minimum atomic E-state index is -4.82. The van der Waals surface area contributed by atoms with Crippen molar-refractivity contribution in [2.75, 3.05) is 23.1 Å². The number of hydrogen-bond donors (Lipinski definition) is 1. The Morgan fingerprint density at radius 3 is 2.44 bits per heavy atom. The molecular weight excluding hydrogens is 623 g/mol. The number of thioether (sulfide) groups is 1. The summed E-state index contributed by atoms with van der Waals surface area (Å²) in [7, 11) is 1.29. The average molecular weight is 647 g/mol. The molecule has 0 radical (unpaired) electrons. The van der Waals surface area contributed by atoms with Crippen molar-refractivity contribution in [1.82, 2.24) is 14.8 Å². The number of rotatable bonds is 7. The molecule has 0 spiro atoms. The van der Waals surface area contributed by atoms with Crippen molar-refractivity contribution in [3.63, 3.8) is 0 Å². The molecule has 0 aliphatic carbocycles. The predicted molar refractivity (Wildman–Crippen MR) is 157 cm³/mol. The van der Waals surface area contributed by atoms with E-state index in [2.05, 4.69) is 25.1 Å². The molecule has 16 heteroatoms. The normalized spacial score (nSPS) is 14.4. The summed E-state index contributed by atoms with van der Waals surface area (Å²) >= 11 is 0.999. The number of methoxy groups -OCH3 is 1. The molecule has 2 heterocycles. The van der Waals surface area contributed by atoms with E-state index in [4.69, 9.17) is 4.74 Å². The molecule has 234 valence electrons. The van der Waals surface area contributed by atoms with Crippen molar-refractivity contribution in [2.45, 2.75) is 26.1 Å². The van der Waals surface area contributed by atoms with Gasteiger partial charge in [0, 0.05) is 11.6 Å². The molecule has 0 atom stereocenters. The Bertz CT molecular complexity index is 1790. The van der Waals surface area contributed by atoms with Crippen molar-refractivity contribution < 1.29 is 41.0 Å². The molecule has 4 aromatic rings. The van der Waals surface area contributed by atoms with Crippen molar-refractivity contribution in [3.8, 4) is 28.6 Å². The number of aromatic nitrogens is 3. The van der Waals surface area contributed by atoms with Crippen LogP contribution in [0, 0.1) is 11.6 Å². The second kappa shape index (κ2) is 12.6.